The van der Waals surface area contributed by atoms with Crippen molar-refractivity contribution in [3.63, 3.8) is 0 Å². The van der Waals surface area contributed by atoms with Gasteiger partial charge in [0.05, 0.1) is 0 Å². The van der Waals surface area contributed by atoms with Gasteiger partial charge in [0.1, 0.15) is 0 Å². The van der Waals surface area contributed by atoms with Crippen molar-refractivity contribution in [2.24, 2.45) is 5.92 Å². The lowest BCUT2D eigenvalue weighted by molar-refractivity contribution is 0.404. The Kier molecular flexibility index (Phi) is 33.0. The van der Waals surface area contributed by atoms with Crippen molar-refractivity contribution in [1.29, 1.82) is 0 Å². The third-order valence-corrected chi connectivity index (χ3v) is 8.59. The van der Waals surface area contributed by atoms with Crippen LogP contribution in [0.4, 0.5) is 0 Å². The highest BCUT2D eigenvalue weighted by atomic mass is 14.1. The zero-order valence-corrected chi connectivity index (χ0v) is 25.9. The van der Waals surface area contributed by atoms with E-state index in [0.717, 1.165) is 12.3 Å². The van der Waals surface area contributed by atoms with Crippen LogP contribution in [0.5, 0.6) is 0 Å². The van der Waals surface area contributed by atoms with Crippen LogP contribution in [0, 0.1) is 12.8 Å². The summed E-state index contributed by atoms with van der Waals surface area (Å²) in [5.74, 6) is 0.907. The van der Waals surface area contributed by atoms with Gasteiger partial charge in [-0.05, 0) is 5.92 Å². The Balaban J connectivity index is 3.23. The van der Waals surface area contributed by atoms with Crippen molar-refractivity contribution in [1.82, 2.24) is 0 Å². The first-order valence-electron chi connectivity index (χ1n) is 17.6. The molecule has 0 fully saturated rings. The Morgan fingerprint density at radius 1 is 0.306 bits per heavy atom. The second-order valence-electron chi connectivity index (χ2n) is 12.3. The molecule has 0 bridgehead atoms. The first kappa shape index (κ1) is 36.0. The Morgan fingerprint density at radius 2 is 0.500 bits per heavy atom. The Labute approximate surface area is 232 Å². The number of unbranched alkanes of at least 4 members (excludes halogenated alkanes) is 27. The molecule has 217 valence electrons. The standard InChI is InChI=1S/C36H73/c1-4-7-9-11-13-15-17-18-19-20-21-22-23-24-25-27-29-31-33-35-36(6-3)34-32-30-28-26-16-14-12-10-8-5-2/h36H,3-35H2,1-2H3. The molecular formula is C36H73. The fraction of sp³-hybridized carbons (Fsp3) is 0.972. The van der Waals surface area contributed by atoms with Gasteiger partial charge in [-0.2, -0.15) is 0 Å². The van der Waals surface area contributed by atoms with Crippen LogP contribution < -0.4 is 0 Å². The first-order chi connectivity index (χ1) is 17.8. The summed E-state index contributed by atoms with van der Waals surface area (Å²) >= 11 is 0. The second-order valence-corrected chi connectivity index (χ2v) is 12.3. The number of hydrogen-bond acceptors (Lipinski definition) is 0. The monoisotopic (exact) mass is 506 g/mol. The maximum atomic E-state index is 4.25. The molecule has 0 aromatic carbocycles. The highest BCUT2D eigenvalue weighted by molar-refractivity contribution is 4.62. The molecule has 36 heavy (non-hydrogen) atoms. The van der Waals surface area contributed by atoms with Crippen molar-refractivity contribution in [3.8, 4) is 0 Å². The normalized spacial score (nSPS) is 12.4. The van der Waals surface area contributed by atoms with Crippen LogP contribution in [0.1, 0.15) is 219 Å². The van der Waals surface area contributed by atoms with Gasteiger partial charge in [0.15, 0.2) is 0 Å². The second kappa shape index (κ2) is 33.0. The van der Waals surface area contributed by atoms with Gasteiger partial charge in [-0.15, -0.1) is 0 Å². The molecule has 0 aliphatic carbocycles. The molecule has 0 aromatic rings. The molecule has 0 aromatic heterocycles. The Hall–Kier alpha value is 0. The molecule has 0 aliphatic rings. The zero-order valence-electron chi connectivity index (χ0n) is 25.9. The molecular weight excluding hydrogens is 432 g/mol. The molecule has 0 amide bonds. The van der Waals surface area contributed by atoms with Crippen molar-refractivity contribution < 1.29 is 0 Å². The van der Waals surface area contributed by atoms with Crippen molar-refractivity contribution in [2.45, 2.75) is 219 Å². The van der Waals surface area contributed by atoms with Crippen molar-refractivity contribution in [2.75, 3.05) is 0 Å². The van der Waals surface area contributed by atoms with E-state index in [2.05, 4.69) is 20.8 Å². The highest BCUT2D eigenvalue weighted by Crippen LogP contribution is 2.22. The fourth-order valence-corrected chi connectivity index (χ4v) is 5.86. The van der Waals surface area contributed by atoms with Crippen LogP contribution in [-0.2, 0) is 0 Å². The predicted molar refractivity (Wildman–Crippen MR) is 168 cm³/mol. The van der Waals surface area contributed by atoms with E-state index < -0.39 is 0 Å². The maximum Gasteiger partial charge on any atom is -0.0414 e. The SMILES string of the molecule is [CH2]CC(CCCCCCCCCCCC)CCCCCCCCCCCCCCCCCCCCC. The van der Waals surface area contributed by atoms with Crippen LogP contribution in [0.2, 0.25) is 0 Å². The van der Waals surface area contributed by atoms with Crippen LogP contribution in [-0.4, -0.2) is 0 Å². The molecule has 0 nitrogen and oxygen atoms in total. The summed E-state index contributed by atoms with van der Waals surface area (Å²) in [5.41, 5.74) is 0. The summed E-state index contributed by atoms with van der Waals surface area (Å²) in [6.45, 7) is 8.86. The average Bonchev–Trinajstić information content (AvgIpc) is 2.89. The van der Waals surface area contributed by atoms with Crippen LogP contribution in [0.25, 0.3) is 0 Å². The van der Waals surface area contributed by atoms with E-state index in [4.69, 9.17) is 0 Å². The van der Waals surface area contributed by atoms with Crippen LogP contribution in [0.15, 0.2) is 0 Å². The average molecular weight is 506 g/mol. The van der Waals surface area contributed by atoms with Crippen molar-refractivity contribution >= 4 is 0 Å². The van der Waals surface area contributed by atoms with Crippen LogP contribution in [0.3, 0.4) is 0 Å². The Morgan fingerprint density at radius 3 is 0.694 bits per heavy atom. The van der Waals surface area contributed by atoms with E-state index in [1.165, 1.54) is 199 Å². The fourth-order valence-electron chi connectivity index (χ4n) is 5.86. The van der Waals surface area contributed by atoms with E-state index in [9.17, 15) is 0 Å². The lowest BCUT2D eigenvalue weighted by atomic mass is 9.92. The molecule has 1 radical (unpaired) electrons. The van der Waals surface area contributed by atoms with Gasteiger partial charge in [0, 0.05) is 0 Å². The topological polar surface area (TPSA) is 0 Å². The van der Waals surface area contributed by atoms with E-state index >= 15 is 0 Å². The quantitative estimate of drug-likeness (QED) is 0.0797. The summed E-state index contributed by atoms with van der Waals surface area (Å²) in [6.07, 6.45) is 46.6. The summed E-state index contributed by atoms with van der Waals surface area (Å²) < 4.78 is 0. The molecule has 0 saturated heterocycles. The molecule has 0 heterocycles. The molecule has 0 heteroatoms. The van der Waals surface area contributed by atoms with E-state index in [0.29, 0.717) is 0 Å². The maximum absolute atomic E-state index is 4.25. The minimum absolute atomic E-state index is 0.907. The lowest BCUT2D eigenvalue weighted by Crippen LogP contribution is -1.99. The molecule has 0 N–H and O–H groups in total. The minimum atomic E-state index is 0.907. The minimum Gasteiger partial charge on any atom is -0.0654 e. The Bertz CT molecular complexity index is 359. The lowest BCUT2D eigenvalue weighted by Gasteiger charge is -2.14. The molecule has 0 aliphatic heterocycles. The van der Waals surface area contributed by atoms with Gasteiger partial charge >= 0.3 is 0 Å². The summed E-state index contributed by atoms with van der Waals surface area (Å²) in [5, 5.41) is 0. The zero-order chi connectivity index (χ0) is 26.2. The molecule has 0 rings (SSSR count). The van der Waals surface area contributed by atoms with Gasteiger partial charge in [-0.3, -0.25) is 0 Å². The first-order valence-corrected chi connectivity index (χ1v) is 17.6. The van der Waals surface area contributed by atoms with Gasteiger partial charge in [0.2, 0.25) is 0 Å². The van der Waals surface area contributed by atoms with Gasteiger partial charge in [-0.25, -0.2) is 0 Å². The summed E-state index contributed by atoms with van der Waals surface area (Å²) in [4.78, 5) is 0. The highest BCUT2D eigenvalue weighted by Gasteiger charge is 2.06. The summed E-state index contributed by atoms with van der Waals surface area (Å²) in [6, 6.07) is 0. The molecule has 1 unspecified atom stereocenters. The van der Waals surface area contributed by atoms with Crippen LogP contribution >= 0.6 is 0 Å². The summed E-state index contributed by atoms with van der Waals surface area (Å²) in [7, 11) is 0. The smallest absolute Gasteiger partial charge is 0.0414 e. The predicted octanol–water partition coefficient (Wildman–Crippen LogP) is 14.0. The van der Waals surface area contributed by atoms with E-state index in [1.54, 1.807) is 0 Å². The van der Waals surface area contributed by atoms with Gasteiger partial charge in [0.25, 0.3) is 0 Å². The number of hydrogen-bond donors (Lipinski definition) is 0. The van der Waals surface area contributed by atoms with E-state index in [1.807, 2.05) is 0 Å². The third-order valence-electron chi connectivity index (χ3n) is 8.59. The largest absolute Gasteiger partial charge is 0.0654 e. The molecule has 0 saturated carbocycles. The van der Waals surface area contributed by atoms with Crippen molar-refractivity contribution in [3.05, 3.63) is 6.92 Å². The third kappa shape index (κ3) is 30.2. The van der Waals surface area contributed by atoms with Gasteiger partial charge < -0.3 is 0 Å². The molecule has 1 atom stereocenters. The molecule has 0 spiro atoms. The van der Waals surface area contributed by atoms with Gasteiger partial charge in [-0.1, -0.05) is 226 Å². The van der Waals surface area contributed by atoms with E-state index in [-0.39, 0.29) is 0 Å². The number of rotatable bonds is 32.